The Hall–Kier alpha value is -1.42. The molecule has 0 bridgehead atoms. The lowest BCUT2D eigenvalue weighted by molar-refractivity contribution is 0.345. The fourth-order valence-electron chi connectivity index (χ4n) is 1.38. The van der Waals surface area contributed by atoms with Crippen molar-refractivity contribution in [1.29, 1.82) is 0 Å². The molecule has 14 heavy (non-hydrogen) atoms. The maximum Gasteiger partial charge on any atom is 0.139 e. The SMILES string of the molecule is CCOc1cc(N)cc2c(O)csc12. The molecule has 0 saturated carbocycles. The Morgan fingerprint density at radius 1 is 1.50 bits per heavy atom. The summed E-state index contributed by atoms with van der Waals surface area (Å²) in [5, 5.41) is 12.0. The second-order valence-corrected chi connectivity index (χ2v) is 3.83. The van der Waals surface area contributed by atoms with Crippen LogP contribution in [0, 0.1) is 0 Å². The number of hydrogen-bond acceptors (Lipinski definition) is 4. The minimum absolute atomic E-state index is 0.262. The van der Waals surface area contributed by atoms with Crippen LogP contribution >= 0.6 is 11.3 Å². The van der Waals surface area contributed by atoms with Crippen LogP contribution < -0.4 is 10.5 Å². The maximum absolute atomic E-state index is 9.53. The summed E-state index contributed by atoms with van der Waals surface area (Å²) in [6.07, 6.45) is 0. The average molecular weight is 209 g/mol. The predicted molar refractivity (Wildman–Crippen MR) is 59.1 cm³/mol. The molecule has 3 N–H and O–H groups in total. The molecule has 1 aromatic carbocycles. The van der Waals surface area contributed by atoms with Crippen molar-refractivity contribution in [2.45, 2.75) is 6.92 Å². The van der Waals surface area contributed by atoms with Crippen LogP contribution in [0.3, 0.4) is 0 Å². The minimum atomic E-state index is 0.262. The topological polar surface area (TPSA) is 55.5 Å². The van der Waals surface area contributed by atoms with Gasteiger partial charge in [-0.25, -0.2) is 0 Å². The highest BCUT2D eigenvalue weighted by atomic mass is 32.1. The average Bonchev–Trinajstić information content (AvgIpc) is 2.49. The molecule has 2 aromatic rings. The molecule has 1 aromatic heterocycles. The molecule has 0 aliphatic heterocycles. The summed E-state index contributed by atoms with van der Waals surface area (Å²) in [5.41, 5.74) is 6.30. The number of anilines is 1. The van der Waals surface area contributed by atoms with Crippen LogP contribution in [0.15, 0.2) is 17.5 Å². The van der Waals surface area contributed by atoms with Crippen molar-refractivity contribution in [3.05, 3.63) is 17.5 Å². The number of hydrogen-bond donors (Lipinski definition) is 2. The Labute approximate surface area is 85.7 Å². The van der Waals surface area contributed by atoms with E-state index >= 15 is 0 Å². The number of thiophene rings is 1. The van der Waals surface area contributed by atoms with E-state index in [0.29, 0.717) is 12.3 Å². The lowest BCUT2D eigenvalue weighted by Crippen LogP contribution is -1.93. The summed E-state index contributed by atoms with van der Waals surface area (Å²) in [5.74, 6) is 1.01. The van der Waals surface area contributed by atoms with Gasteiger partial charge in [-0.05, 0) is 13.0 Å². The van der Waals surface area contributed by atoms with Crippen molar-refractivity contribution in [2.24, 2.45) is 0 Å². The largest absolute Gasteiger partial charge is 0.506 e. The zero-order valence-corrected chi connectivity index (χ0v) is 8.60. The Morgan fingerprint density at radius 2 is 2.29 bits per heavy atom. The molecule has 0 radical (unpaired) electrons. The third kappa shape index (κ3) is 1.37. The third-order valence-electron chi connectivity index (χ3n) is 1.94. The van der Waals surface area contributed by atoms with E-state index in [4.69, 9.17) is 10.5 Å². The summed E-state index contributed by atoms with van der Waals surface area (Å²) in [6.45, 7) is 2.51. The van der Waals surface area contributed by atoms with Gasteiger partial charge in [-0.15, -0.1) is 11.3 Å². The number of nitrogens with two attached hydrogens (primary N) is 1. The van der Waals surface area contributed by atoms with E-state index in [1.807, 2.05) is 6.92 Å². The molecule has 0 spiro atoms. The molecule has 3 nitrogen and oxygen atoms in total. The first-order chi connectivity index (χ1) is 6.72. The number of aromatic hydroxyl groups is 1. The fraction of sp³-hybridized carbons (Fsp3) is 0.200. The van der Waals surface area contributed by atoms with Crippen molar-refractivity contribution >= 4 is 27.1 Å². The summed E-state index contributed by atoms with van der Waals surface area (Å²) >= 11 is 1.46. The molecule has 0 amide bonds. The lowest BCUT2D eigenvalue weighted by Gasteiger charge is -2.05. The first kappa shape index (κ1) is 9.15. The molecule has 0 fully saturated rings. The van der Waals surface area contributed by atoms with Gasteiger partial charge in [0.15, 0.2) is 0 Å². The van der Waals surface area contributed by atoms with E-state index in [1.54, 1.807) is 17.5 Å². The standard InChI is InChI=1S/C10H11NO2S/c1-2-13-9-4-6(11)3-7-8(12)5-14-10(7)9/h3-5,12H,2,11H2,1H3. The fourth-order valence-corrected chi connectivity index (χ4v) is 2.26. The molecule has 0 aliphatic rings. The van der Waals surface area contributed by atoms with Crippen LogP contribution in [0.5, 0.6) is 11.5 Å². The van der Waals surface area contributed by atoms with Gasteiger partial charge >= 0.3 is 0 Å². The van der Waals surface area contributed by atoms with Crippen LogP contribution in [0.2, 0.25) is 0 Å². The van der Waals surface area contributed by atoms with Crippen LogP contribution in [0.4, 0.5) is 5.69 Å². The Kier molecular flexibility index (Phi) is 2.21. The van der Waals surface area contributed by atoms with E-state index in [-0.39, 0.29) is 5.75 Å². The second-order valence-electron chi connectivity index (χ2n) is 2.95. The van der Waals surface area contributed by atoms with Gasteiger partial charge in [-0.3, -0.25) is 0 Å². The van der Waals surface area contributed by atoms with Gasteiger partial charge in [0.05, 0.1) is 11.3 Å². The Balaban J connectivity index is 2.68. The summed E-state index contributed by atoms with van der Waals surface area (Å²) < 4.78 is 6.38. The highest BCUT2D eigenvalue weighted by Crippen LogP contribution is 2.39. The molecular weight excluding hydrogens is 198 g/mol. The third-order valence-corrected chi connectivity index (χ3v) is 2.94. The summed E-state index contributed by atoms with van der Waals surface area (Å²) in [6, 6.07) is 3.53. The summed E-state index contributed by atoms with van der Waals surface area (Å²) in [4.78, 5) is 0. The Bertz CT molecular complexity index is 464. The normalized spacial score (nSPS) is 10.6. The molecule has 0 saturated heterocycles. The van der Waals surface area contributed by atoms with E-state index in [0.717, 1.165) is 15.8 Å². The second kappa shape index (κ2) is 3.38. The van der Waals surface area contributed by atoms with Crippen LogP contribution in [-0.4, -0.2) is 11.7 Å². The van der Waals surface area contributed by atoms with Crippen molar-refractivity contribution in [3.63, 3.8) is 0 Å². The van der Waals surface area contributed by atoms with E-state index in [1.165, 1.54) is 11.3 Å². The van der Waals surface area contributed by atoms with Crippen molar-refractivity contribution in [2.75, 3.05) is 12.3 Å². The Morgan fingerprint density at radius 3 is 3.00 bits per heavy atom. The van der Waals surface area contributed by atoms with Crippen LogP contribution in [0.1, 0.15) is 6.92 Å². The monoisotopic (exact) mass is 209 g/mol. The molecular formula is C10H11NO2S. The zero-order valence-electron chi connectivity index (χ0n) is 7.78. The number of nitrogen functional groups attached to an aromatic ring is 1. The maximum atomic E-state index is 9.53. The zero-order chi connectivity index (χ0) is 10.1. The number of benzene rings is 1. The predicted octanol–water partition coefficient (Wildman–Crippen LogP) is 2.59. The smallest absolute Gasteiger partial charge is 0.139 e. The van der Waals surface area contributed by atoms with Gasteiger partial charge < -0.3 is 15.6 Å². The number of fused-ring (bicyclic) bond motifs is 1. The number of ether oxygens (including phenoxy) is 1. The van der Waals surface area contributed by atoms with Gasteiger partial charge in [-0.1, -0.05) is 0 Å². The van der Waals surface area contributed by atoms with Gasteiger partial charge in [0, 0.05) is 22.5 Å². The van der Waals surface area contributed by atoms with Crippen LogP contribution in [0.25, 0.3) is 10.1 Å². The van der Waals surface area contributed by atoms with Crippen molar-refractivity contribution in [3.8, 4) is 11.5 Å². The number of rotatable bonds is 2. The van der Waals surface area contributed by atoms with E-state index in [2.05, 4.69) is 0 Å². The van der Waals surface area contributed by atoms with Crippen molar-refractivity contribution < 1.29 is 9.84 Å². The molecule has 0 unspecified atom stereocenters. The molecule has 2 rings (SSSR count). The van der Waals surface area contributed by atoms with Gasteiger partial charge in [0.25, 0.3) is 0 Å². The molecule has 1 heterocycles. The molecule has 4 heteroatoms. The molecule has 0 atom stereocenters. The van der Waals surface area contributed by atoms with Crippen LogP contribution in [-0.2, 0) is 0 Å². The van der Waals surface area contributed by atoms with Gasteiger partial charge in [0.2, 0.25) is 0 Å². The van der Waals surface area contributed by atoms with Gasteiger partial charge in [0.1, 0.15) is 11.5 Å². The molecule has 74 valence electrons. The highest BCUT2D eigenvalue weighted by molar-refractivity contribution is 7.18. The van der Waals surface area contributed by atoms with E-state index < -0.39 is 0 Å². The quantitative estimate of drug-likeness (QED) is 0.747. The summed E-state index contributed by atoms with van der Waals surface area (Å²) in [7, 11) is 0. The first-order valence-electron chi connectivity index (χ1n) is 4.35. The minimum Gasteiger partial charge on any atom is -0.506 e. The van der Waals surface area contributed by atoms with Crippen molar-refractivity contribution in [1.82, 2.24) is 0 Å². The first-order valence-corrected chi connectivity index (χ1v) is 5.23. The molecule has 0 aliphatic carbocycles. The highest BCUT2D eigenvalue weighted by Gasteiger charge is 2.09. The van der Waals surface area contributed by atoms with Gasteiger partial charge in [-0.2, -0.15) is 0 Å². The lowest BCUT2D eigenvalue weighted by atomic mass is 10.2. The van der Waals surface area contributed by atoms with E-state index in [9.17, 15) is 5.11 Å².